The highest BCUT2D eigenvalue weighted by Gasteiger charge is 2.48. The van der Waals surface area contributed by atoms with E-state index in [1.165, 1.54) is 45.6 Å². The lowest BCUT2D eigenvalue weighted by atomic mass is 9.62. The molecule has 0 aromatic carbocycles. The molecule has 3 atom stereocenters. The van der Waals surface area contributed by atoms with Gasteiger partial charge in [-0.05, 0) is 94.4 Å². The van der Waals surface area contributed by atoms with E-state index in [1.54, 1.807) is 0 Å². The first-order valence-corrected chi connectivity index (χ1v) is 17.1. The molecule has 0 bridgehead atoms. The Balaban J connectivity index is 1.88. The van der Waals surface area contributed by atoms with Crippen molar-refractivity contribution in [1.29, 1.82) is 0 Å². The molecule has 0 radical (unpaired) electrons. The Morgan fingerprint density at radius 1 is 1.24 bits per heavy atom. The Hall–Kier alpha value is -0.363. The smallest absolute Gasteiger partial charge is 0.305 e. The molecule has 6 heteroatoms. The normalized spacial score (nSPS) is 24.4. The molecule has 0 amide bonds. The molecule has 0 N–H and O–H groups in total. The van der Waals surface area contributed by atoms with Crippen LogP contribution in [0.5, 0.6) is 0 Å². The number of nitrogens with zero attached hydrogens (tertiary/aromatic N) is 1. The van der Waals surface area contributed by atoms with E-state index in [9.17, 15) is 4.79 Å². The van der Waals surface area contributed by atoms with Crippen LogP contribution in [0.2, 0.25) is 18.1 Å². The summed E-state index contributed by atoms with van der Waals surface area (Å²) in [6.07, 6.45) is 16.8. The highest BCUT2D eigenvalue weighted by molar-refractivity contribution is 6.74. The van der Waals surface area contributed by atoms with Gasteiger partial charge in [-0.1, -0.05) is 46.3 Å². The monoisotopic (exact) mass is 513 g/mol. The van der Waals surface area contributed by atoms with Crippen LogP contribution >= 0.6 is 11.6 Å². The lowest BCUT2D eigenvalue weighted by Crippen LogP contribution is -2.51. The Morgan fingerprint density at radius 3 is 2.50 bits per heavy atom. The third-order valence-corrected chi connectivity index (χ3v) is 14.0. The molecule has 4 nitrogen and oxygen atoms in total. The van der Waals surface area contributed by atoms with Crippen LogP contribution in [0.15, 0.2) is 12.2 Å². The number of unbranched alkanes of at least 4 members (excludes halogenated alkanes) is 1. The van der Waals surface area contributed by atoms with Crippen LogP contribution < -0.4 is 0 Å². The van der Waals surface area contributed by atoms with Crippen LogP contribution in [0.1, 0.15) is 98.3 Å². The van der Waals surface area contributed by atoms with Crippen molar-refractivity contribution in [1.82, 2.24) is 4.90 Å². The molecule has 1 heterocycles. The number of rotatable bonds is 14. The van der Waals surface area contributed by atoms with Crippen molar-refractivity contribution in [2.24, 2.45) is 5.41 Å². The van der Waals surface area contributed by atoms with Gasteiger partial charge in [0.15, 0.2) is 8.32 Å². The maximum Gasteiger partial charge on any atom is 0.305 e. The SMILES string of the molecule is CCC1(C(CCCN2CC[C@@H](Cl)[C@@H]2C/C=C\CCCC(=O)OC)O[Si](C)(C)C(C)(C)C)CCC1. The molecular weight excluding hydrogens is 462 g/mol. The number of hydrogen-bond acceptors (Lipinski definition) is 4. The fourth-order valence-corrected chi connectivity index (χ4v) is 7.10. The van der Waals surface area contributed by atoms with Gasteiger partial charge in [0.05, 0.1) is 18.6 Å². The lowest BCUT2D eigenvalue weighted by Gasteiger charge is -2.51. The first-order valence-electron chi connectivity index (χ1n) is 13.7. The number of likely N-dealkylation sites (tertiary alicyclic amines) is 1. The van der Waals surface area contributed by atoms with Gasteiger partial charge in [-0.2, -0.15) is 0 Å². The summed E-state index contributed by atoms with van der Waals surface area (Å²) in [6, 6.07) is 0.419. The van der Waals surface area contributed by atoms with Gasteiger partial charge in [-0.25, -0.2) is 0 Å². The summed E-state index contributed by atoms with van der Waals surface area (Å²) < 4.78 is 11.8. The molecule has 2 rings (SSSR count). The number of halogens is 1. The second-order valence-electron chi connectivity index (χ2n) is 12.2. The number of hydrogen-bond donors (Lipinski definition) is 0. The molecule has 2 aliphatic rings. The van der Waals surface area contributed by atoms with E-state index in [0.717, 1.165) is 38.8 Å². The molecule has 34 heavy (non-hydrogen) atoms. The summed E-state index contributed by atoms with van der Waals surface area (Å²) in [5.41, 5.74) is 0.405. The van der Waals surface area contributed by atoms with Crippen LogP contribution in [0, 0.1) is 5.41 Å². The molecule has 1 saturated heterocycles. The van der Waals surface area contributed by atoms with E-state index in [0.29, 0.717) is 24.0 Å². The minimum absolute atomic E-state index is 0.126. The zero-order valence-corrected chi connectivity index (χ0v) is 24.9. The number of methoxy groups -OCH3 is 1. The third kappa shape index (κ3) is 8.08. The summed E-state index contributed by atoms with van der Waals surface area (Å²) in [4.78, 5) is 13.9. The summed E-state index contributed by atoms with van der Waals surface area (Å²) >= 11 is 6.72. The Labute approximate surface area is 216 Å². The van der Waals surface area contributed by atoms with Crippen molar-refractivity contribution in [2.75, 3.05) is 20.2 Å². The zero-order chi connectivity index (χ0) is 25.4. The standard InChI is InChI=1S/C28H52ClNO3Si/c1-8-28(19-14-20-28)25(33-34(6,7)27(2,3)4)16-13-21-30-22-18-23(29)24(30)15-11-9-10-12-17-26(31)32-5/h9,11,23-25H,8,10,12-22H2,1-7H3/b11-9-/t23-,24+,25?/m1/s1. The van der Waals surface area contributed by atoms with Crippen molar-refractivity contribution in [3.8, 4) is 0 Å². The predicted molar refractivity (Wildman–Crippen MR) is 147 cm³/mol. The largest absolute Gasteiger partial charge is 0.469 e. The van der Waals surface area contributed by atoms with Gasteiger partial charge in [-0.3, -0.25) is 9.69 Å². The zero-order valence-electron chi connectivity index (χ0n) is 23.1. The minimum atomic E-state index is -1.79. The van der Waals surface area contributed by atoms with Crippen LogP contribution in [-0.4, -0.2) is 56.9 Å². The summed E-state index contributed by atoms with van der Waals surface area (Å²) in [5, 5.41) is 0.478. The van der Waals surface area contributed by atoms with Gasteiger partial charge < -0.3 is 9.16 Å². The first kappa shape index (κ1) is 29.9. The number of esters is 1. The van der Waals surface area contributed by atoms with Gasteiger partial charge in [0.2, 0.25) is 0 Å². The molecule has 1 saturated carbocycles. The van der Waals surface area contributed by atoms with E-state index in [4.69, 9.17) is 20.8 Å². The number of ether oxygens (including phenoxy) is 1. The van der Waals surface area contributed by atoms with Gasteiger partial charge in [-0.15, -0.1) is 11.6 Å². The second kappa shape index (κ2) is 13.3. The van der Waals surface area contributed by atoms with Gasteiger partial charge >= 0.3 is 5.97 Å². The van der Waals surface area contributed by atoms with Crippen molar-refractivity contribution in [3.63, 3.8) is 0 Å². The number of allylic oxidation sites excluding steroid dienone is 1. The maximum absolute atomic E-state index is 11.2. The number of carbonyl (C=O) groups excluding carboxylic acids is 1. The lowest BCUT2D eigenvalue weighted by molar-refractivity contribution is -0.140. The third-order valence-electron chi connectivity index (χ3n) is 8.99. The van der Waals surface area contributed by atoms with Crippen molar-refractivity contribution >= 4 is 25.9 Å². The van der Waals surface area contributed by atoms with Crippen molar-refractivity contribution in [3.05, 3.63) is 12.2 Å². The minimum Gasteiger partial charge on any atom is -0.469 e. The van der Waals surface area contributed by atoms with Gasteiger partial charge in [0.1, 0.15) is 0 Å². The van der Waals surface area contributed by atoms with E-state index >= 15 is 0 Å². The predicted octanol–water partition coefficient (Wildman–Crippen LogP) is 7.71. The molecule has 0 spiro atoms. The molecule has 198 valence electrons. The maximum atomic E-state index is 11.2. The molecule has 0 aromatic rings. The topological polar surface area (TPSA) is 38.8 Å². The summed E-state index contributed by atoms with van der Waals surface area (Å²) in [7, 11) is -0.346. The molecule has 1 aliphatic heterocycles. The van der Waals surface area contributed by atoms with Gasteiger partial charge in [0.25, 0.3) is 0 Å². The highest BCUT2D eigenvalue weighted by atomic mass is 35.5. The molecular formula is C28H52ClNO3Si. The van der Waals surface area contributed by atoms with Crippen LogP contribution in [0.4, 0.5) is 0 Å². The molecule has 1 unspecified atom stereocenters. The average Bonchev–Trinajstić information content (AvgIpc) is 3.08. The summed E-state index contributed by atoms with van der Waals surface area (Å²) in [5.74, 6) is -0.126. The van der Waals surface area contributed by atoms with E-state index < -0.39 is 8.32 Å². The Bertz CT molecular complexity index is 651. The molecule has 0 aromatic heterocycles. The first-order chi connectivity index (χ1) is 16.0. The van der Waals surface area contributed by atoms with Crippen LogP contribution in [0.3, 0.4) is 0 Å². The van der Waals surface area contributed by atoms with E-state index in [1.807, 2.05) is 0 Å². The number of carbonyl (C=O) groups is 1. The number of alkyl halides is 1. The van der Waals surface area contributed by atoms with Crippen molar-refractivity contribution < 1.29 is 14.0 Å². The Morgan fingerprint density at radius 2 is 1.94 bits per heavy atom. The summed E-state index contributed by atoms with van der Waals surface area (Å²) in [6.45, 7) is 16.5. The fraction of sp³-hybridized carbons (Fsp3) is 0.893. The second-order valence-corrected chi connectivity index (χ2v) is 17.5. The molecule has 2 fully saturated rings. The quantitative estimate of drug-likeness (QED) is 0.0783. The Kier molecular flexibility index (Phi) is 11.6. The fourth-order valence-electron chi connectivity index (χ4n) is 5.31. The van der Waals surface area contributed by atoms with E-state index in [-0.39, 0.29) is 16.4 Å². The van der Waals surface area contributed by atoms with Crippen LogP contribution in [0.25, 0.3) is 0 Å². The van der Waals surface area contributed by atoms with E-state index in [2.05, 4.69) is 57.8 Å². The van der Waals surface area contributed by atoms with Gasteiger partial charge in [0, 0.05) is 12.5 Å². The molecule has 1 aliphatic carbocycles. The average molecular weight is 514 g/mol. The van der Waals surface area contributed by atoms with Crippen molar-refractivity contribution in [2.45, 2.75) is 134 Å². The van der Waals surface area contributed by atoms with Crippen LogP contribution in [-0.2, 0) is 14.0 Å². The highest BCUT2D eigenvalue weighted by Crippen LogP contribution is 2.51.